The van der Waals surface area contributed by atoms with Gasteiger partial charge in [-0.1, -0.05) is 6.92 Å². The number of piperidine rings is 1. The first-order valence-electron chi connectivity index (χ1n) is 9.32. The minimum Gasteiger partial charge on any atom is -0.397 e. The van der Waals surface area contributed by atoms with Crippen LogP contribution in [-0.4, -0.2) is 52.9 Å². The lowest BCUT2D eigenvalue weighted by Gasteiger charge is -2.40. The molecular formula is C20H24N6OS. The molecule has 0 saturated carbocycles. The lowest BCUT2D eigenvalue weighted by Crippen LogP contribution is -2.45. The van der Waals surface area contributed by atoms with Gasteiger partial charge in [0, 0.05) is 56.1 Å². The summed E-state index contributed by atoms with van der Waals surface area (Å²) in [5.74, 6) is 0.673. The number of anilines is 2. The highest BCUT2D eigenvalue weighted by atomic mass is 32.1. The molecule has 0 bridgehead atoms. The van der Waals surface area contributed by atoms with Crippen molar-refractivity contribution in [2.75, 3.05) is 37.8 Å². The Morgan fingerprint density at radius 2 is 2.04 bits per heavy atom. The Balaban J connectivity index is 1.69. The molecule has 0 aromatic carbocycles. The van der Waals surface area contributed by atoms with Crippen molar-refractivity contribution in [2.45, 2.75) is 25.2 Å². The highest BCUT2D eigenvalue weighted by molar-refractivity contribution is 7.21. The van der Waals surface area contributed by atoms with Crippen molar-refractivity contribution < 1.29 is 4.79 Å². The Morgan fingerprint density at radius 1 is 1.29 bits per heavy atom. The smallest absolute Gasteiger partial charge is 0.265 e. The molecule has 0 unspecified atom stereocenters. The van der Waals surface area contributed by atoms with Crippen LogP contribution in [0.1, 0.15) is 35.1 Å². The fraction of sp³-hybridized carbons (Fsp3) is 0.400. The number of aromatic nitrogens is 3. The highest BCUT2D eigenvalue weighted by Crippen LogP contribution is 2.38. The third-order valence-corrected chi connectivity index (χ3v) is 6.45. The molecule has 2 N–H and O–H groups in total. The van der Waals surface area contributed by atoms with Crippen LogP contribution in [0.5, 0.6) is 0 Å². The average molecular weight is 397 g/mol. The van der Waals surface area contributed by atoms with Crippen LogP contribution in [0.15, 0.2) is 30.6 Å². The summed E-state index contributed by atoms with van der Waals surface area (Å²) >= 11 is 1.37. The van der Waals surface area contributed by atoms with Gasteiger partial charge in [0.2, 0.25) is 5.95 Å². The van der Waals surface area contributed by atoms with E-state index in [9.17, 15) is 4.79 Å². The Morgan fingerprint density at radius 3 is 2.75 bits per heavy atom. The topological polar surface area (TPSA) is 88.2 Å². The Bertz CT molecular complexity index is 1020. The summed E-state index contributed by atoms with van der Waals surface area (Å²) in [6, 6.07) is 5.87. The molecule has 3 aromatic heterocycles. The Hall–Kier alpha value is -2.74. The number of amides is 1. The quantitative estimate of drug-likeness (QED) is 0.732. The second-order valence-corrected chi connectivity index (χ2v) is 8.73. The molecular weight excluding hydrogens is 372 g/mol. The van der Waals surface area contributed by atoms with Gasteiger partial charge < -0.3 is 15.5 Å². The number of hydrogen-bond donors (Lipinski definition) is 1. The van der Waals surface area contributed by atoms with Gasteiger partial charge in [-0.3, -0.25) is 4.79 Å². The van der Waals surface area contributed by atoms with E-state index < -0.39 is 0 Å². The van der Waals surface area contributed by atoms with Gasteiger partial charge >= 0.3 is 0 Å². The molecule has 1 atom stereocenters. The third-order valence-electron chi connectivity index (χ3n) is 5.34. The maximum Gasteiger partial charge on any atom is 0.265 e. The van der Waals surface area contributed by atoms with E-state index in [0.29, 0.717) is 10.6 Å². The van der Waals surface area contributed by atoms with Crippen LogP contribution in [0.25, 0.3) is 10.2 Å². The van der Waals surface area contributed by atoms with E-state index in [1.54, 1.807) is 31.4 Å². The predicted molar refractivity (Wildman–Crippen MR) is 113 cm³/mol. The van der Waals surface area contributed by atoms with E-state index in [0.717, 1.165) is 47.8 Å². The summed E-state index contributed by atoms with van der Waals surface area (Å²) < 4.78 is 0. The minimum absolute atomic E-state index is 0.0849. The number of fused-ring (bicyclic) bond motifs is 1. The Kier molecular flexibility index (Phi) is 4.66. The molecule has 1 aliphatic rings. The molecule has 146 valence electrons. The molecule has 3 aromatic rings. The van der Waals surface area contributed by atoms with Crippen LogP contribution in [-0.2, 0) is 5.41 Å². The van der Waals surface area contributed by atoms with Gasteiger partial charge in [-0.05, 0) is 31.0 Å². The molecule has 8 heteroatoms. The fourth-order valence-corrected chi connectivity index (χ4v) is 4.88. The van der Waals surface area contributed by atoms with Gasteiger partial charge in [0.25, 0.3) is 5.91 Å². The molecule has 1 amide bonds. The highest BCUT2D eigenvalue weighted by Gasteiger charge is 2.35. The molecule has 28 heavy (non-hydrogen) atoms. The first-order valence-corrected chi connectivity index (χ1v) is 10.1. The summed E-state index contributed by atoms with van der Waals surface area (Å²) in [7, 11) is 3.46. The van der Waals surface area contributed by atoms with Crippen molar-refractivity contribution in [3.8, 4) is 0 Å². The van der Waals surface area contributed by atoms with E-state index in [2.05, 4.69) is 21.8 Å². The van der Waals surface area contributed by atoms with E-state index in [1.807, 2.05) is 18.2 Å². The summed E-state index contributed by atoms with van der Waals surface area (Å²) in [6.45, 7) is 3.98. The number of thiophene rings is 1. The second-order valence-electron chi connectivity index (χ2n) is 7.73. The molecule has 1 aliphatic heterocycles. The molecule has 0 spiro atoms. The minimum atomic E-state index is -0.115. The SMILES string of the molecule is CN(C)C(=O)c1sc2nc([C@@]3(C)CCCN(c4ncccn4)C3)ccc2c1N. The fourth-order valence-electron chi connectivity index (χ4n) is 3.77. The van der Waals surface area contributed by atoms with E-state index in [-0.39, 0.29) is 11.3 Å². The van der Waals surface area contributed by atoms with Crippen LogP contribution in [0.2, 0.25) is 0 Å². The number of nitrogens with two attached hydrogens (primary N) is 1. The van der Waals surface area contributed by atoms with Crippen LogP contribution in [0.3, 0.4) is 0 Å². The summed E-state index contributed by atoms with van der Waals surface area (Å²) in [5.41, 5.74) is 7.66. The normalized spacial score (nSPS) is 19.8. The third kappa shape index (κ3) is 3.17. The van der Waals surface area contributed by atoms with Gasteiger partial charge in [-0.15, -0.1) is 11.3 Å². The summed E-state index contributed by atoms with van der Waals surface area (Å²) in [5, 5.41) is 0.849. The lowest BCUT2D eigenvalue weighted by atomic mass is 9.78. The van der Waals surface area contributed by atoms with Crippen molar-refractivity contribution in [3.63, 3.8) is 0 Å². The number of carbonyl (C=O) groups is 1. The van der Waals surface area contributed by atoms with Gasteiger partial charge in [0.1, 0.15) is 9.71 Å². The van der Waals surface area contributed by atoms with Crippen molar-refractivity contribution in [2.24, 2.45) is 0 Å². The first-order chi connectivity index (χ1) is 13.4. The molecule has 7 nitrogen and oxygen atoms in total. The maximum atomic E-state index is 12.4. The summed E-state index contributed by atoms with van der Waals surface area (Å²) in [6.07, 6.45) is 5.64. The number of pyridine rings is 1. The zero-order valence-electron chi connectivity index (χ0n) is 16.3. The van der Waals surface area contributed by atoms with Crippen LogP contribution >= 0.6 is 11.3 Å². The first kappa shape index (κ1) is 18.6. The van der Waals surface area contributed by atoms with Gasteiger partial charge in [0.05, 0.1) is 5.69 Å². The number of carbonyl (C=O) groups excluding carboxylic acids is 1. The van der Waals surface area contributed by atoms with Crippen LogP contribution in [0.4, 0.5) is 11.6 Å². The van der Waals surface area contributed by atoms with Gasteiger partial charge in [0.15, 0.2) is 0 Å². The number of rotatable bonds is 3. The van der Waals surface area contributed by atoms with E-state index >= 15 is 0 Å². The number of nitrogens with zero attached hydrogens (tertiary/aromatic N) is 5. The molecule has 1 saturated heterocycles. The Labute approximate surface area is 168 Å². The zero-order chi connectivity index (χ0) is 19.9. The van der Waals surface area contributed by atoms with Gasteiger partial charge in [-0.25, -0.2) is 15.0 Å². The van der Waals surface area contributed by atoms with Crippen molar-refractivity contribution in [1.29, 1.82) is 0 Å². The van der Waals surface area contributed by atoms with Crippen LogP contribution < -0.4 is 10.6 Å². The predicted octanol–water partition coefficient (Wildman–Crippen LogP) is 2.93. The van der Waals surface area contributed by atoms with E-state index in [4.69, 9.17) is 10.7 Å². The van der Waals surface area contributed by atoms with E-state index in [1.165, 1.54) is 11.3 Å². The lowest BCUT2D eigenvalue weighted by molar-refractivity contribution is 0.0833. The van der Waals surface area contributed by atoms with Crippen LogP contribution in [0, 0.1) is 0 Å². The van der Waals surface area contributed by atoms with Crippen molar-refractivity contribution in [3.05, 3.63) is 41.2 Å². The standard InChI is InChI=1S/C20H24N6OS/c1-20(8-4-11-26(12-20)19-22-9-5-10-23-19)14-7-6-13-15(21)16(18(27)25(2)3)28-17(13)24-14/h5-7,9-10H,4,8,11-12,21H2,1-3H3/t20-/m0/s1. The monoisotopic (exact) mass is 396 g/mol. The maximum absolute atomic E-state index is 12.4. The number of nitrogen functional groups attached to an aromatic ring is 1. The summed E-state index contributed by atoms with van der Waals surface area (Å²) in [4.78, 5) is 31.2. The molecule has 0 aliphatic carbocycles. The molecule has 4 rings (SSSR count). The molecule has 0 radical (unpaired) electrons. The molecule has 1 fully saturated rings. The zero-order valence-corrected chi connectivity index (χ0v) is 17.2. The second kappa shape index (κ2) is 7.01. The average Bonchev–Trinajstić information content (AvgIpc) is 3.04. The van der Waals surface area contributed by atoms with Crippen molar-refractivity contribution in [1.82, 2.24) is 19.9 Å². The largest absolute Gasteiger partial charge is 0.397 e. The molecule has 4 heterocycles. The van der Waals surface area contributed by atoms with Crippen molar-refractivity contribution >= 4 is 39.1 Å². The van der Waals surface area contributed by atoms with Gasteiger partial charge in [-0.2, -0.15) is 0 Å². The number of hydrogen-bond acceptors (Lipinski definition) is 7.